The fraction of sp³-hybridized carbons (Fsp3) is 0.150. The number of halogens is 3. The predicted molar refractivity (Wildman–Crippen MR) is 112 cm³/mol. The SMILES string of the molecule is CCCOC(=O)c1cccc(N2C(=O)C(Cl)=C(Nc3cc(Cl)cc(Cl)c3)C2=O)c1. The average molecular weight is 454 g/mol. The highest BCUT2D eigenvalue weighted by Crippen LogP contribution is 2.32. The van der Waals surface area contributed by atoms with Gasteiger partial charge in [0.05, 0.1) is 17.9 Å². The molecule has 6 nitrogen and oxygen atoms in total. The van der Waals surface area contributed by atoms with Crippen LogP contribution in [0.15, 0.2) is 53.2 Å². The summed E-state index contributed by atoms with van der Waals surface area (Å²) in [6, 6.07) is 10.6. The van der Waals surface area contributed by atoms with Crippen molar-refractivity contribution in [3.8, 4) is 0 Å². The van der Waals surface area contributed by atoms with Gasteiger partial charge >= 0.3 is 5.97 Å². The van der Waals surface area contributed by atoms with Gasteiger partial charge in [0.15, 0.2) is 0 Å². The van der Waals surface area contributed by atoms with E-state index < -0.39 is 17.8 Å². The van der Waals surface area contributed by atoms with Crippen LogP contribution in [0.1, 0.15) is 23.7 Å². The summed E-state index contributed by atoms with van der Waals surface area (Å²) in [5, 5.41) is 3.21. The summed E-state index contributed by atoms with van der Waals surface area (Å²) in [5.41, 5.74) is 0.699. The van der Waals surface area contributed by atoms with Crippen molar-refractivity contribution < 1.29 is 19.1 Å². The van der Waals surface area contributed by atoms with Crippen LogP contribution < -0.4 is 10.2 Å². The Labute approximate surface area is 182 Å². The molecule has 0 saturated carbocycles. The third-order valence-electron chi connectivity index (χ3n) is 3.94. The maximum Gasteiger partial charge on any atom is 0.338 e. The van der Waals surface area contributed by atoms with Crippen LogP contribution in [0.3, 0.4) is 0 Å². The third-order valence-corrected chi connectivity index (χ3v) is 4.72. The third kappa shape index (κ3) is 4.56. The minimum Gasteiger partial charge on any atom is -0.462 e. The zero-order valence-corrected chi connectivity index (χ0v) is 17.4. The van der Waals surface area contributed by atoms with E-state index in [1.165, 1.54) is 36.4 Å². The molecule has 1 aliphatic rings. The summed E-state index contributed by atoms with van der Waals surface area (Å²) in [6.07, 6.45) is 0.677. The number of esters is 1. The monoisotopic (exact) mass is 452 g/mol. The van der Waals surface area contributed by atoms with Gasteiger partial charge in [-0.3, -0.25) is 9.59 Å². The number of hydrogen-bond donors (Lipinski definition) is 1. The zero-order valence-electron chi connectivity index (χ0n) is 15.2. The maximum absolute atomic E-state index is 12.9. The largest absolute Gasteiger partial charge is 0.462 e. The molecule has 3 rings (SSSR count). The van der Waals surface area contributed by atoms with Gasteiger partial charge in [0.25, 0.3) is 11.8 Å². The molecule has 0 spiro atoms. The number of rotatable bonds is 6. The van der Waals surface area contributed by atoms with E-state index in [0.29, 0.717) is 22.2 Å². The van der Waals surface area contributed by atoms with Gasteiger partial charge in [0.1, 0.15) is 10.7 Å². The lowest BCUT2D eigenvalue weighted by atomic mass is 10.2. The molecule has 1 heterocycles. The van der Waals surface area contributed by atoms with E-state index in [9.17, 15) is 14.4 Å². The van der Waals surface area contributed by atoms with Crippen LogP contribution in [-0.4, -0.2) is 24.4 Å². The number of nitrogens with zero attached hydrogens (tertiary/aromatic N) is 1. The number of imide groups is 1. The lowest BCUT2D eigenvalue weighted by molar-refractivity contribution is -0.120. The van der Waals surface area contributed by atoms with Crippen LogP contribution in [-0.2, 0) is 14.3 Å². The van der Waals surface area contributed by atoms with E-state index in [4.69, 9.17) is 39.5 Å². The molecular formula is C20H15Cl3N2O4. The summed E-state index contributed by atoms with van der Waals surface area (Å²) in [5.74, 6) is -1.93. The van der Waals surface area contributed by atoms with Gasteiger partial charge in [-0.1, -0.05) is 47.8 Å². The minimum absolute atomic E-state index is 0.117. The standard InChI is InChI=1S/C20H15Cl3N2O4/c1-2-6-29-20(28)11-4-3-5-15(7-11)25-18(26)16(23)17(19(25)27)24-14-9-12(21)8-13(22)10-14/h3-5,7-10,24H,2,6H2,1H3. The quantitative estimate of drug-likeness (QED) is 0.492. The first-order valence-corrected chi connectivity index (χ1v) is 9.74. The molecule has 1 N–H and O–H groups in total. The summed E-state index contributed by atoms with van der Waals surface area (Å²) in [7, 11) is 0. The van der Waals surface area contributed by atoms with Crippen LogP contribution in [0.5, 0.6) is 0 Å². The van der Waals surface area contributed by atoms with Crippen molar-refractivity contribution in [2.45, 2.75) is 13.3 Å². The smallest absolute Gasteiger partial charge is 0.338 e. The molecule has 0 saturated heterocycles. The van der Waals surface area contributed by atoms with Crippen molar-refractivity contribution in [3.05, 3.63) is 68.8 Å². The van der Waals surface area contributed by atoms with Gasteiger partial charge < -0.3 is 10.1 Å². The molecule has 29 heavy (non-hydrogen) atoms. The Balaban J connectivity index is 1.87. The number of ether oxygens (including phenoxy) is 1. The molecule has 0 bridgehead atoms. The van der Waals surface area contributed by atoms with Crippen molar-refractivity contribution in [2.24, 2.45) is 0 Å². The Bertz CT molecular complexity index is 1020. The van der Waals surface area contributed by atoms with E-state index in [2.05, 4.69) is 5.32 Å². The summed E-state index contributed by atoms with van der Waals surface area (Å²) in [4.78, 5) is 38.4. The number of carbonyl (C=O) groups is 3. The second-order valence-electron chi connectivity index (χ2n) is 6.10. The van der Waals surface area contributed by atoms with E-state index >= 15 is 0 Å². The molecule has 0 atom stereocenters. The number of carbonyl (C=O) groups excluding carboxylic acids is 3. The van der Waals surface area contributed by atoms with E-state index in [1.54, 1.807) is 6.07 Å². The number of amides is 2. The van der Waals surface area contributed by atoms with Crippen molar-refractivity contribution in [1.29, 1.82) is 0 Å². The second kappa shape index (κ2) is 8.86. The number of anilines is 2. The van der Waals surface area contributed by atoms with Crippen LogP contribution in [0.25, 0.3) is 0 Å². The number of nitrogens with one attached hydrogen (secondary N) is 1. The van der Waals surface area contributed by atoms with E-state index in [0.717, 1.165) is 4.90 Å². The Morgan fingerprint density at radius 1 is 1.03 bits per heavy atom. The molecule has 150 valence electrons. The zero-order chi connectivity index (χ0) is 21.1. The fourth-order valence-electron chi connectivity index (χ4n) is 2.67. The van der Waals surface area contributed by atoms with Gasteiger partial charge in [-0.15, -0.1) is 0 Å². The number of benzene rings is 2. The average Bonchev–Trinajstić information content (AvgIpc) is 2.88. The molecule has 2 aromatic rings. The molecule has 0 unspecified atom stereocenters. The number of hydrogen-bond acceptors (Lipinski definition) is 5. The topological polar surface area (TPSA) is 75.7 Å². The highest BCUT2D eigenvalue weighted by Gasteiger charge is 2.39. The molecule has 0 aliphatic carbocycles. The first kappa shape index (κ1) is 21.2. The van der Waals surface area contributed by atoms with Gasteiger partial charge in [0, 0.05) is 15.7 Å². The Morgan fingerprint density at radius 2 is 1.72 bits per heavy atom. The predicted octanol–water partition coefficient (Wildman–Crippen LogP) is 5.00. The fourth-order valence-corrected chi connectivity index (χ4v) is 3.40. The Hall–Kier alpha value is -2.54. The summed E-state index contributed by atoms with van der Waals surface area (Å²) >= 11 is 18.0. The Morgan fingerprint density at radius 3 is 2.38 bits per heavy atom. The van der Waals surface area contributed by atoms with Crippen LogP contribution in [0.2, 0.25) is 10.0 Å². The first-order chi connectivity index (χ1) is 13.8. The molecule has 0 fully saturated rings. The van der Waals surface area contributed by atoms with Crippen molar-refractivity contribution in [3.63, 3.8) is 0 Å². The van der Waals surface area contributed by atoms with Gasteiger partial charge in [0.2, 0.25) is 0 Å². The van der Waals surface area contributed by atoms with Gasteiger partial charge in [-0.25, -0.2) is 9.69 Å². The molecule has 9 heteroatoms. The van der Waals surface area contributed by atoms with Crippen molar-refractivity contribution in [2.75, 3.05) is 16.8 Å². The highest BCUT2D eigenvalue weighted by atomic mass is 35.5. The molecule has 0 aromatic heterocycles. The first-order valence-electron chi connectivity index (χ1n) is 8.60. The van der Waals surface area contributed by atoms with Gasteiger partial charge in [-0.2, -0.15) is 0 Å². The molecule has 2 amide bonds. The lowest BCUT2D eigenvalue weighted by Gasteiger charge is -2.16. The molecule has 1 aliphatic heterocycles. The van der Waals surface area contributed by atoms with E-state index in [-0.39, 0.29) is 28.6 Å². The maximum atomic E-state index is 12.9. The molecule has 0 radical (unpaired) electrons. The van der Waals surface area contributed by atoms with Gasteiger partial charge in [-0.05, 0) is 42.8 Å². The minimum atomic E-state index is -0.716. The Kier molecular flexibility index (Phi) is 6.47. The normalized spacial score (nSPS) is 13.9. The van der Waals surface area contributed by atoms with E-state index in [1.807, 2.05) is 6.92 Å². The summed E-state index contributed by atoms with van der Waals surface area (Å²) < 4.78 is 5.09. The van der Waals surface area contributed by atoms with Crippen LogP contribution in [0, 0.1) is 0 Å². The highest BCUT2D eigenvalue weighted by molar-refractivity contribution is 6.53. The second-order valence-corrected chi connectivity index (χ2v) is 7.35. The van der Waals surface area contributed by atoms with Crippen LogP contribution in [0.4, 0.5) is 11.4 Å². The lowest BCUT2D eigenvalue weighted by Crippen LogP contribution is -2.32. The van der Waals surface area contributed by atoms with Crippen LogP contribution >= 0.6 is 34.8 Å². The van der Waals surface area contributed by atoms with Crippen molar-refractivity contribution in [1.82, 2.24) is 0 Å². The molecular weight excluding hydrogens is 439 g/mol. The summed E-state index contributed by atoms with van der Waals surface area (Å²) in [6.45, 7) is 2.15. The van der Waals surface area contributed by atoms with Crippen molar-refractivity contribution >= 4 is 64.0 Å². The molecule has 2 aromatic carbocycles.